The summed E-state index contributed by atoms with van der Waals surface area (Å²) in [5.74, 6) is -21.8. The maximum Gasteiger partial charge on any atom is 0.460 e. The SMILES string of the molecule is O=[N+]([O-])c1cc(F)c(OCC(F)(F)C(F)(F)C(F)(F)F)c(F)c1F. The molecule has 136 valence electrons. The Bertz CT molecular complexity index is 657. The van der Waals surface area contributed by atoms with Crippen LogP contribution in [-0.2, 0) is 0 Å². The molecule has 0 heterocycles. The molecule has 0 unspecified atom stereocenters. The number of benzene rings is 1. The summed E-state index contributed by atoms with van der Waals surface area (Å²) in [6, 6.07) is -0.326. The van der Waals surface area contributed by atoms with Gasteiger partial charge in [-0.3, -0.25) is 10.1 Å². The van der Waals surface area contributed by atoms with E-state index in [1.54, 1.807) is 0 Å². The van der Waals surface area contributed by atoms with Crippen molar-refractivity contribution in [3.05, 3.63) is 33.6 Å². The van der Waals surface area contributed by atoms with Crippen LogP contribution in [0.25, 0.3) is 0 Å². The van der Waals surface area contributed by atoms with Gasteiger partial charge in [-0.05, 0) is 0 Å². The van der Waals surface area contributed by atoms with Gasteiger partial charge in [0, 0.05) is 0 Å². The molecule has 1 aromatic carbocycles. The van der Waals surface area contributed by atoms with Crippen molar-refractivity contribution in [2.45, 2.75) is 18.0 Å². The molecule has 0 saturated heterocycles. The van der Waals surface area contributed by atoms with E-state index in [9.17, 15) is 54.0 Å². The van der Waals surface area contributed by atoms with Gasteiger partial charge in [0.15, 0.2) is 18.2 Å². The molecule has 0 N–H and O–H groups in total. The predicted octanol–water partition coefficient (Wildman–Crippen LogP) is 4.22. The normalized spacial score (nSPS) is 13.1. The zero-order chi connectivity index (χ0) is 19.1. The number of nitro groups is 1. The van der Waals surface area contributed by atoms with Crippen LogP contribution in [0, 0.1) is 27.6 Å². The van der Waals surface area contributed by atoms with E-state index < -0.39 is 58.4 Å². The second-order valence-electron chi connectivity index (χ2n) is 4.16. The Balaban J connectivity index is 3.16. The van der Waals surface area contributed by atoms with Crippen molar-refractivity contribution in [2.24, 2.45) is 0 Å². The summed E-state index contributed by atoms with van der Waals surface area (Å²) < 4.78 is 130. The predicted molar refractivity (Wildman–Crippen MR) is 54.4 cm³/mol. The Labute approximate surface area is 124 Å². The lowest BCUT2D eigenvalue weighted by atomic mass is 10.1. The van der Waals surface area contributed by atoms with Gasteiger partial charge in [0.2, 0.25) is 11.6 Å². The minimum atomic E-state index is -6.71. The third-order valence-corrected chi connectivity index (χ3v) is 2.51. The van der Waals surface area contributed by atoms with E-state index in [-0.39, 0.29) is 6.07 Å². The fourth-order valence-corrected chi connectivity index (χ4v) is 1.29. The maximum atomic E-state index is 13.3. The number of hydrogen-bond acceptors (Lipinski definition) is 3. The first-order valence-electron chi connectivity index (χ1n) is 5.40. The molecular formula is C10H3F10NO3. The van der Waals surface area contributed by atoms with Crippen LogP contribution in [0.5, 0.6) is 5.75 Å². The van der Waals surface area contributed by atoms with Gasteiger partial charge in [-0.15, -0.1) is 0 Å². The van der Waals surface area contributed by atoms with Crippen molar-refractivity contribution in [2.75, 3.05) is 6.61 Å². The summed E-state index contributed by atoms with van der Waals surface area (Å²) in [6.07, 6.45) is -6.71. The van der Waals surface area contributed by atoms with Crippen LogP contribution in [0.1, 0.15) is 0 Å². The molecule has 0 radical (unpaired) electrons. The maximum absolute atomic E-state index is 13.3. The van der Waals surface area contributed by atoms with E-state index in [1.165, 1.54) is 0 Å². The Morgan fingerprint density at radius 2 is 1.50 bits per heavy atom. The lowest BCUT2D eigenvalue weighted by Crippen LogP contribution is -2.54. The number of alkyl halides is 7. The highest BCUT2D eigenvalue weighted by Crippen LogP contribution is 2.46. The van der Waals surface area contributed by atoms with Crippen LogP contribution < -0.4 is 4.74 Å². The van der Waals surface area contributed by atoms with Gasteiger partial charge < -0.3 is 4.74 Å². The van der Waals surface area contributed by atoms with Crippen molar-refractivity contribution in [1.82, 2.24) is 0 Å². The lowest BCUT2D eigenvalue weighted by Gasteiger charge is -2.28. The van der Waals surface area contributed by atoms with Crippen molar-refractivity contribution < 1.29 is 53.6 Å². The quantitative estimate of drug-likeness (QED) is 0.335. The van der Waals surface area contributed by atoms with Gasteiger partial charge >= 0.3 is 23.7 Å². The molecule has 1 aromatic rings. The molecule has 0 aromatic heterocycles. The molecule has 4 nitrogen and oxygen atoms in total. The van der Waals surface area contributed by atoms with Crippen LogP contribution in [0.15, 0.2) is 6.07 Å². The Kier molecular flexibility index (Phi) is 4.92. The van der Waals surface area contributed by atoms with Crippen LogP contribution in [-0.4, -0.2) is 29.6 Å². The van der Waals surface area contributed by atoms with Gasteiger partial charge in [0.05, 0.1) is 11.0 Å². The summed E-state index contributed by atoms with van der Waals surface area (Å²) >= 11 is 0. The summed E-state index contributed by atoms with van der Waals surface area (Å²) in [5, 5.41) is 10.2. The molecule has 0 bridgehead atoms. The topological polar surface area (TPSA) is 52.4 Å². The third-order valence-electron chi connectivity index (χ3n) is 2.51. The fraction of sp³-hybridized carbons (Fsp3) is 0.400. The molecule has 0 atom stereocenters. The molecule has 0 aliphatic carbocycles. The summed E-state index contributed by atoms with van der Waals surface area (Å²) in [7, 11) is 0. The lowest BCUT2D eigenvalue weighted by molar-refractivity contribution is -0.388. The Morgan fingerprint density at radius 1 is 1.00 bits per heavy atom. The first-order chi connectivity index (χ1) is 10.6. The van der Waals surface area contributed by atoms with E-state index >= 15 is 0 Å². The van der Waals surface area contributed by atoms with Crippen LogP contribution in [0.3, 0.4) is 0 Å². The molecule has 14 heteroatoms. The number of nitro benzene ring substituents is 1. The highest BCUT2D eigenvalue weighted by atomic mass is 19.4. The third kappa shape index (κ3) is 3.31. The first-order valence-corrected chi connectivity index (χ1v) is 5.40. The number of hydrogen-bond donors (Lipinski definition) is 0. The van der Waals surface area contributed by atoms with Crippen LogP contribution >= 0.6 is 0 Å². The first kappa shape index (κ1) is 19.8. The second kappa shape index (κ2) is 5.98. The van der Waals surface area contributed by atoms with Gasteiger partial charge in [-0.2, -0.15) is 39.5 Å². The van der Waals surface area contributed by atoms with E-state index in [2.05, 4.69) is 4.74 Å². The minimum absolute atomic E-state index is 0.326. The number of rotatable bonds is 5. The van der Waals surface area contributed by atoms with Crippen LogP contribution in [0.2, 0.25) is 0 Å². The van der Waals surface area contributed by atoms with Gasteiger partial charge in [0.1, 0.15) is 0 Å². The monoisotopic (exact) mass is 375 g/mol. The highest BCUT2D eigenvalue weighted by Gasteiger charge is 2.73. The van der Waals surface area contributed by atoms with Gasteiger partial charge in [0.25, 0.3) is 0 Å². The Hall–Kier alpha value is -2.28. The summed E-state index contributed by atoms with van der Waals surface area (Å²) in [5.41, 5.74) is -1.77. The average Bonchev–Trinajstić information content (AvgIpc) is 2.40. The van der Waals surface area contributed by atoms with E-state index in [1.807, 2.05) is 0 Å². The molecule has 0 aliphatic rings. The second-order valence-corrected chi connectivity index (χ2v) is 4.16. The zero-order valence-electron chi connectivity index (χ0n) is 10.7. The number of halogens is 10. The van der Waals surface area contributed by atoms with Crippen molar-refractivity contribution >= 4 is 5.69 Å². The molecule has 0 saturated carbocycles. The molecule has 0 spiro atoms. The highest BCUT2D eigenvalue weighted by molar-refractivity contribution is 5.41. The van der Waals surface area contributed by atoms with Crippen LogP contribution in [0.4, 0.5) is 49.6 Å². The molecule has 1 rings (SSSR count). The minimum Gasteiger partial charge on any atom is -0.481 e. The largest absolute Gasteiger partial charge is 0.481 e. The van der Waals surface area contributed by atoms with Crippen molar-refractivity contribution in [1.29, 1.82) is 0 Å². The van der Waals surface area contributed by atoms with Crippen molar-refractivity contribution in [3.63, 3.8) is 0 Å². The van der Waals surface area contributed by atoms with Gasteiger partial charge in [-0.25, -0.2) is 4.39 Å². The Morgan fingerprint density at radius 3 is 1.92 bits per heavy atom. The molecule has 0 fully saturated rings. The van der Waals surface area contributed by atoms with E-state index in [4.69, 9.17) is 0 Å². The van der Waals surface area contributed by atoms with Gasteiger partial charge in [-0.1, -0.05) is 0 Å². The molecule has 24 heavy (non-hydrogen) atoms. The fourth-order valence-electron chi connectivity index (χ4n) is 1.29. The standard InChI is InChI=1S/C10H3F10NO3/c11-3-1-4(21(22)23)5(12)6(13)7(3)24-2-8(14,15)9(16,17)10(18,19)20/h1H,2H2. The molecule has 0 amide bonds. The summed E-state index contributed by atoms with van der Waals surface area (Å²) in [4.78, 5) is 8.64. The summed E-state index contributed by atoms with van der Waals surface area (Å²) in [6.45, 7) is -2.88. The molecular weight excluding hydrogens is 372 g/mol. The van der Waals surface area contributed by atoms with E-state index in [0.717, 1.165) is 0 Å². The smallest absolute Gasteiger partial charge is 0.460 e. The number of ether oxygens (including phenoxy) is 1. The number of nitrogens with zero attached hydrogens (tertiary/aromatic N) is 1. The van der Waals surface area contributed by atoms with Crippen molar-refractivity contribution in [3.8, 4) is 5.75 Å². The zero-order valence-corrected chi connectivity index (χ0v) is 10.7. The average molecular weight is 375 g/mol. The molecule has 0 aliphatic heterocycles. The van der Waals surface area contributed by atoms with E-state index in [0.29, 0.717) is 0 Å².